The van der Waals surface area contributed by atoms with E-state index < -0.39 is 0 Å². The van der Waals surface area contributed by atoms with E-state index in [-0.39, 0.29) is 0 Å². The van der Waals surface area contributed by atoms with Gasteiger partial charge < -0.3 is 18.6 Å². The Morgan fingerprint density at radius 3 is 0.744 bits per heavy atom. The minimum atomic E-state index is 0.453. The van der Waals surface area contributed by atoms with Crippen LogP contribution in [0, 0.1) is 0 Å². The molecule has 82 heavy (non-hydrogen) atoms. The van der Waals surface area contributed by atoms with Crippen molar-refractivity contribution < 1.29 is 8.83 Å². The van der Waals surface area contributed by atoms with Gasteiger partial charge in [0.2, 0.25) is 23.6 Å². The van der Waals surface area contributed by atoms with Crippen molar-refractivity contribution in [2.24, 2.45) is 0 Å². The van der Waals surface area contributed by atoms with Crippen LogP contribution in [0.4, 0.5) is 34.1 Å². The number of aromatic nitrogens is 6. The lowest BCUT2D eigenvalue weighted by atomic mass is 9.93. The molecule has 14 rings (SSSR count). The Hall–Kier alpha value is -11.4. The molecule has 0 spiro atoms. The van der Waals surface area contributed by atoms with E-state index in [1.165, 1.54) is 0 Å². The maximum absolute atomic E-state index is 6.13. The zero-order chi connectivity index (χ0) is 54.6. The molecule has 11 aromatic carbocycles. The summed E-state index contributed by atoms with van der Waals surface area (Å²) in [5.74, 6) is 1.86. The van der Waals surface area contributed by atoms with Crippen LogP contribution in [0.5, 0.6) is 0 Å². The number of rotatable bonds is 14. The number of fused-ring (bicyclic) bond motifs is 1. The molecule has 0 fully saturated rings. The summed E-state index contributed by atoms with van der Waals surface area (Å²) >= 11 is 0. The van der Waals surface area contributed by atoms with E-state index in [9.17, 15) is 0 Å². The Morgan fingerprint density at radius 1 is 0.220 bits per heavy atom. The molecule has 3 heterocycles. The van der Waals surface area contributed by atoms with Gasteiger partial charge in [0.05, 0.1) is 22.4 Å². The van der Waals surface area contributed by atoms with Gasteiger partial charge in [-0.05, 0) is 156 Å². The number of benzene rings is 11. The van der Waals surface area contributed by atoms with Crippen molar-refractivity contribution in [3.05, 3.63) is 291 Å². The molecule has 0 aliphatic carbocycles. The van der Waals surface area contributed by atoms with Crippen LogP contribution in [-0.4, -0.2) is 30.4 Å². The minimum Gasteiger partial charge on any atom is -0.416 e. The maximum atomic E-state index is 6.13. The van der Waals surface area contributed by atoms with Crippen molar-refractivity contribution in [2.75, 3.05) is 9.80 Å². The van der Waals surface area contributed by atoms with E-state index in [1.54, 1.807) is 0 Å². The van der Waals surface area contributed by atoms with E-state index in [2.05, 4.69) is 212 Å². The van der Waals surface area contributed by atoms with Crippen molar-refractivity contribution in [1.29, 1.82) is 0 Å². The average Bonchev–Trinajstić information content (AvgIpc) is 4.28. The van der Waals surface area contributed by atoms with Crippen molar-refractivity contribution >= 4 is 45.2 Å². The first-order valence-electron chi connectivity index (χ1n) is 27.0. The van der Waals surface area contributed by atoms with Gasteiger partial charge in [-0.1, -0.05) is 158 Å². The molecule has 3 aromatic heterocycles. The molecule has 0 atom stereocenters. The summed E-state index contributed by atoms with van der Waals surface area (Å²) in [7, 11) is 0. The zero-order valence-electron chi connectivity index (χ0n) is 44.1. The second-order valence-electron chi connectivity index (χ2n) is 19.6. The van der Waals surface area contributed by atoms with Gasteiger partial charge in [0, 0.05) is 67.5 Å². The Balaban J connectivity index is 0.851. The molecule has 0 radical (unpaired) electrons. The van der Waals surface area contributed by atoms with Crippen LogP contribution in [0.1, 0.15) is 0 Å². The highest BCUT2D eigenvalue weighted by Crippen LogP contribution is 2.42. The van der Waals surface area contributed by atoms with Crippen LogP contribution in [0.15, 0.2) is 300 Å². The van der Waals surface area contributed by atoms with Crippen molar-refractivity contribution in [1.82, 2.24) is 30.4 Å². The molecule has 0 amide bonds. The fourth-order valence-corrected chi connectivity index (χ4v) is 10.4. The second kappa shape index (κ2) is 21.8. The fourth-order valence-electron chi connectivity index (χ4n) is 10.4. The smallest absolute Gasteiger partial charge is 0.248 e. The van der Waals surface area contributed by atoms with Gasteiger partial charge in [0.15, 0.2) is 0 Å². The summed E-state index contributed by atoms with van der Waals surface area (Å²) in [4.78, 5) is 15.6. The first-order chi connectivity index (χ1) is 40.6. The van der Waals surface area contributed by atoms with Gasteiger partial charge in [0.25, 0.3) is 0 Å². The summed E-state index contributed by atoms with van der Waals surface area (Å²) in [5, 5.41) is 17.4. The molecule has 0 saturated carbocycles. The number of para-hydroxylation sites is 2. The van der Waals surface area contributed by atoms with Crippen molar-refractivity contribution in [3.8, 4) is 90.6 Å². The predicted octanol–water partition coefficient (Wildman–Crippen LogP) is 18.7. The molecule has 0 aliphatic rings. The number of hydrogen-bond donors (Lipinski definition) is 0. The summed E-state index contributed by atoms with van der Waals surface area (Å²) in [5.41, 5.74) is 18.6. The Morgan fingerprint density at radius 2 is 0.451 bits per heavy atom. The third-order valence-electron chi connectivity index (χ3n) is 14.4. The highest BCUT2D eigenvalue weighted by molar-refractivity contribution is 5.96. The molecular formula is C72H48N8O2. The lowest BCUT2D eigenvalue weighted by Crippen LogP contribution is -2.10. The van der Waals surface area contributed by atoms with E-state index >= 15 is 0 Å². The van der Waals surface area contributed by atoms with Gasteiger partial charge in [-0.2, -0.15) is 0 Å². The Bertz CT molecular complexity index is 4160. The van der Waals surface area contributed by atoms with Crippen LogP contribution < -0.4 is 9.80 Å². The molecule has 0 saturated heterocycles. The molecule has 0 unspecified atom stereocenters. The number of hydrogen-bond acceptors (Lipinski definition) is 10. The summed E-state index contributed by atoms with van der Waals surface area (Å²) in [6, 6.07) is 99.3. The van der Waals surface area contributed by atoms with Crippen LogP contribution in [-0.2, 0) is 0 Å². The van der Waals surface area contributed by atoms with Crippen LogP contribution in [0.3, 0.4) is 0 Å². The topological polar surface area (TPSA) is 110 Å². The molecule has 388 valence electrons. The summed E-state index contributed by atoms with van der Waals surface area (Å²) in [6.45, 7) is 0. The monoisotopic (exact) mass is 1060 g/mol. The van der Waals surface area contributed by atoms with E-state index in [4.69, 9.17) is 18.8 Å². The highest BCUT2D eigenvalue weighted by Gasteiger charge is 2.21. The molecule has 14 aromatic rings. The van der Waals surface area contributed by atoms with E-state index in [0.717, 1.165) is 112 Å². The quantitative estimate of drug-likeness (QED) is 0.104. The standard InChI is InChI=1S/C72H48N8O2/c1-7-19-49(20-8-1)63-47-65-66(48-64(63)50-21-9-2-10-22-50)74-68(52-33-41-60(42-34-52)80(58-29-17-6-18-30-58)62-45-37-56(38-46-62)72-78-76-70(82-72)54-25-13-4-14-26-54)67(73-65)51-31-39-59(40-32-51)79(57-27-15-5-16-28-57)61-43-35-55(36-44-61)71-77-75-69(81-71)53-23-11-3-12-24-53/h1-48H. The van der Waals surface area contributed by atoms with Gasteiger partial charge in [0.1, 0.15) is 0 Å². The normalized spacial score (nSPS) is 11.2. The summed E-state index contributed by atoms with van der Waals surface area (Å²) < 4.78 is 12.3. The van der Waals surface area contributed by atoms with Gasteiger partial charge in [-0.3, -0.25) is 0 Å². The number of nitrogens with zero attached hydrogens (tertiary/aromatic N) is 8. The Kier molecular flexibility index (Phi) is 13.0. The molecule has 10 heteroatoms. The lowest BCUT2D eigenvalue weighted by Gasteiger charge is -2.26. The minimum absolute atomic E-state index is 0.453. The summed E-state index contributed by atoms with van der Waals surface area (Å²) in [6.07, 6.45) is 0. The lowest BCUT2D eigenvalue weighted by molar-refractivity contribution is 0.584. The largest absolute Gasteiger partial charge is 0.416 e. The fraction of sp³-hybridized carbons (Fsp3) is 0. The second-order valence-corrected chi connectivity index (χ2v) is 19.6. The maximum Gasteiger partial charge on any atom is 0.248 e. The van der Waals surface area contributed by atoms with Gasteiger partial charge in [-0.15, -0.1) is 20.4 Å². The van der Waals surface area contributed by atoms with Crippen LogP contribution >= 0.6 is 0 Å². The van der Waals surface area contributed by atoms with E-state index in [1.807, 2.05) is 109 Å². The third-order valence-corrected chi connectivity index (χ3v) is 14.4. The molecule has 10 nitrogen and oxygen atoms in total. The average molecular weight is 1060 g/mol. The van der Waals surface area contributed by atoms with Crippen LogP contribution in [0.25, 0.3) is 102 Å². The number of anilines is 6. The van der Waals surface area contributed by atoms with Crippen molar-refractivity contribution in [3.63, 3.8) is 0 Å². The van der Waals surface area contributed by atoms with Crippen LogP contribution in [0.2, 0.25) is 0 Å². The third kappa shape index (κ3) is 9.84. The molecule has 0 bridgehead atoms. The molecular weight excluding hydrogens is 1010 g/mol. The molecule has 0 aliphatic heterocycles. The highest BCUT2D eigenvalue weighted by atomic mass is 16.4. The SMILES string of the molecule is c1ccc(-c2nnc(-c3ccc(N(c4ccccc4)c4ccc(-c5nc6cc(-c7ccccc7)c(-c7ccccc7)cc6nc5-c5ccc(N(c6ccccc6)c6ccc(-c7nnc(-c8ccccc8)o7)cc6)cc5)cc4)cc3)o2)cc1. The van der Waals surface area contributed by atoms with Gasteiger partial charge >= 0.3 is 0 Å². The first kappa shape index (κ1) is 49.0. The first-order valence-corrected chi connectivity index (χ1v) is 27.0. The van der Waals surface area contributed by atoms with E-state index in [0.29, 0.717) is 23.6 Å². The van der Waals surface area contributed by atoms with Gasteiger partial charge in [-0.25, -0.2) is 9.97 Å². The molecule has 0 N–H and O–H groups in total. The zero-order valence-corrected chi connectivity index (χ0v) is 44.1. The Labute approximate surface area is 473 Å². The predicted molar refractivity (Wildman–Crippen MR) is 328 cm³/mol. The van der Waals surface area contributed by atoms with Crippen molar-refractivity contribution in [2.45, 2.75) is 0 Å².